The number of nitrogens with one attached hydrogen (secondary N) is 1. The number of hydrogen-bond acceptors (Lipinski definition) is 5. The molecule has 0 saturated carbocycles. The van der Waals surface area contributed by atoms with Crippen LogP contribution in [0.3, 0.4) is 0 Å². The molecule has 1 aliphatic rings. The van der Waals surface area contributed by atoms with Crippen LogP contribution < -0.4 is 10.1 Å². The summed E-state index contributed by atoms with van der Waals surface area (Å²) in [5.41, 5.74) is 0. The highest BCUT2D eigenvalue weighted by Crippen LogP contribution is 2.16. The van der Waals surface area contributed by atoms with Gasteiger partial charge in [0.1, 0.15) is 5.75 Å². The number of hydrogen-bond donors (Lipinski definition) is 1. The van der Waals surface area contributed by atoms with Crippen LogP contribution in [0.15, 0.2) is 34.9 Å². The van der Waals surface area contributed by atoms with Gasteiger partial charge in [-0.2, -0.15) is 4.98 Å². The zero-order chi connectivity index (χ0) is 13.6. The van der Waals surface area contributed by atoms with E-state index in [1.807, 2.05) is 30.3 Å². The van der Waals surface area contributed by atoms with Gasteiger partial charge in [-0.3, -0.25) is 0 Å². The first-order chi connectivity index (χ1) is 9.90. The summed E-state index contributed by atoms with van der Waals surface area (Å²) in [5, 5.41) is 7.36. The van der Waals surface area contributed by atoms with Crippen LogP contribution in [-0.2, 0) is 13.0 Å². The molecule has 1 aromatic heterocycles. The summed E-state index contributed by atoms with van der Waals surface area (Å²) in [7, 11) is 0. The summed E-state index contributed by atoms with van der Waals surface area (Å²) in [5.74, 6) is 2.74. The van der Waals surface area contributed by atoms with Crippen LogP contribution >= 0.6 is 0 Å². The molecule has 2 heterocycles. The SMILES string of the molecule is c1ccc(OCc2noc(CC3CCCNC3)n2)cc1. The molecule has 0 spiro atoms. The summed E-state index contributed by atoms with van der Waals surface area (Å²) in [6.07, 6.45) is 3.30. The second-order valence-electron chi connectivity index (χ2n) is 5.12. The minimum absolute atomic E-state index is 0.344. The molecule has 106 valence electrons. The molecule has 1 aliphatic heterocycles. The van der Waals surface area contributed by atoms with Crippen LogP contribution in [0.1, 0.15) is 24.6 Å². The van der Waals surface area contributed by atoms with E-state index in [-0.39, 0.29) is 0 Å². The maximum atomic E-state index is 5.60. The standard InChI is InChI=1S/C15H19N3O2/c1-2-6-13(7-3-1)19-11-14-17-15(20-18-14)9-12-5-4-8-16-10-12/h1-3,6-7,12,16H,4-5,8-11H2. The fraction of sp³-hybridized carbons (Fsp3) is 0.467. The lowest BCUT2D eigenvalue weighted by molar-refractivity contribution is 0.282. The molecule has 0 aliphatic carbocycles. The Morgan fingerprint density at radius 3 is 3.00 bits per heavy atom. The van der Waals surface area contributed by atoms with Gasteiger partial charge in [0.25, 0.3) is 0 Å². The Kier molecular flexibility index (Phi) is 4.28. The lowest BCUT2D eigenvalue weighted by Crippen LogP contribution is -2.30. The predicted octanol–water partition coefficient (Wildman–Crippen LogP) is 2.19. The van der Waals surface area contributed by atoms with Gasteiger partial charge < -0.3 is 14.6 Å². The predicted molar refractivity (Wildman–Crippen MR) is 74.4 cm³/mol. The smallest absolute Gasteiger partial charge is 0.227 e. The fourth-order valence-corrected chi connectivity index (χ4v) is 2.44. The molecule has 2 aromatic rings. The average Bonchev–Trinajstić information content (AvgIpc) is 2.95. The summed E-state index contributed by atoms with van der Waals surface area (Å²) >= 11 is 0. The first-order valence-electron chi connectivity index (χ1n) is 7.10. The number of piperidine rings is 1. The quantitative estimate of drug-likeness (QED) is 0.905. The van der Waals surface area contributed by atoms with Crippen molar-refractivity contribution in [3.63, 3.8) is 0 Å². The lowest BCUT2D eigenvalue weighted by atomic mass is 9.96. The minimum Gasteiger partial charge on any atom is -0.485 e. The molecular formula is C15H19N3O2. The summed E-state index contributed by atoms with van der Waals surface area (Å²) < 4.78 is 10.9. The third-order valence-corrected chi connectivity index (χ3v) is 3.48. The van der Waals surface area contributed by atoms with Gasteiger partial charge in [-0.15, -0.1) is 0 Å². The van der Waals surface area contributed by atoms with Gasteiger partial charge in [0.15, 0.2) is 6.61 Å². The van der Waals surface area contributed by atoms with E-state index in [2.05, 4.69) is 15.5 Å². The molecule has 0 radical (unpaired) electrons. The minimum atomic E-state index is 0.344. The van der Waals surface area contributed by atoms with Gasteiger partial charge in [0.2, 0.25) is 11.7 Å². The van der Waals surface area contributed by atoms with Crippen molar-refractivity contribution >= 4 is 0 Å². The molecule has 1 unspecified atom stereocenters. The lowest BCUT2D eigenvalue weighted by Gasteiger charge is -2.20. The van der Waals surface area contributed by atoms with Gasteiger partial charge >= 0.3 is 0 Å². The molecule has 1 atom stereocenters. The normalized spacial score (nSPS) is 18.9. The highest BCUT2D eigenvalue weighted by atomic mass is 16.5. The third kappa shape index (κ3) is 3.57. The Hall–Kier alpha value is -1.88. The molecule has 0 bridgehead atoms. The maximum Gasteiger partial charge on any atom is 0.227 e. The van der Waals surface area contributed by atoms with Crippen LogP contribution in [0, 0.1) is 5.92 Å². The molecule has 1 aromatic carbocycles. The Balaban J connectivity index is 1.51. The highest BCUT2D eigenvalue weighted by molar-refractivity contribution is 5.20. The molecule has 1 N–H and O–H groups in total. The van der Waals surface area contributed by atoms with Crippen LogP contribution in [-0.4, -0.2) is 23.2 Å². The van der Waals surface area contributed by atoms with Crippen molar-refractivity contribution < 1.29 is 9.26 Å². The molecular weight excluding hydrogens is 254 g/mol. The van der Waals surface area contributed by atoms with E-state index in [0.717, 1.165) is 25.3 Å². The molecule has 0 amide bonds. The first-order valence-corrected chi connectivity index (χ1v) is 7.10. The number of aromatic nitrogens is 2. The number of para-hydroxylation sites is 1. The molecule has 1 saturated heterocycles. The topological polar surface area (TPSA) is 60.2 Å². The van der Waals surface area contributed by atoms with Gasteiger partial charge in [-0.25, -0.2) is 0 Å². The summed E-state index contributed by atoms with van der Waals surface area (Å²) in [6, 6.07) is 9.65. The van der Waals surface area contributed by atoms with Gasteiger partial charge in [0.05, 0.1) is 0 Å². The fourth-order valence-electron chi connectivity index (χ4n) is 2.44. The van der Waals surface area contributed by atoms with E-state index in [1.54, 1.807) is 0 Å². The van der Waals surface area contributed by atoms with E-state index in [9.17, 15) is 0 Å². The highest BCUT2D eigenvalue weighted by Gasteiger charge is 2.17. The molecule has 1 fully saturated rings. The Labute approximate surface area is 118 Å². The van der Waals surface area contributed by atoms with E-state index >= 15 is 0 Å². The molecule has 5 heteroatoms. The van der Waals surface area contributed by atoms with Crippen molar-refractivity contribution in [2.24, 2.45) is 5.92 Å². The van der Waals surface area contributed by atoms with Gasteiger partial charge in [0, 0.05) is 6.42 Å². The summed E-state index contributed by atoms with van der Waals surface area (Å²) in [6.45, 7) is 2.51. The second-order valence-corrected chi connectivity index (χ2v) is 5.12. The van der Waals surface area contributed by atoms with Crippen molar-refractivity contribution in [3.8, 4) is 5.75 Å². The molecule has 3 rings (SSSR count). The van der Waals surface area contributed by atoms with Crippen molar-refractivity contribution in [2.75, 3.05) is 13.1 Å². The largest absolute Gasteiger partial charge is 0.485 e. The number of nitrogens with zero attached hydrogens (tertiary/aromatic N) is 2. The monoisotopic (exact) mass is 273 g/mol. The van der Waals surface area contributed by atoms with Crippen LogP contribution in [0.5, 0.6) is 5.75 Å². The van der Waals surface area contributed by atoms with E-state index in [0.29, 0.717) is 24.2 Å². The Morgan fingerprint density at radius 1 is 1.30 bits per heavy atom. The number of benzene rings is 1. The Morgan fingerprint density at radius 2 is 2.20 bits per heavy atom. The van der Waals surface area contributed by atoms with Crippen molar-refractivity contribution in [1.82, 2.24) is 15.5 Å². The molecule has 20 heavy (non-hydrogen) atoms. The van der Waals surface area contributed by atoms with E-state index in [4.69, 9.17) is 9.26 Å². The second kappa shape index (κ2) is 6.52. The van der Waals surface area contributed by atoms with Gasteiger partial charge in [-0.1, -0.05) is 23.4 Å². The summed E-state index contributed by atoms with van der Waals surface area (Å²) in [4.78, 5) is 4.39. The number of rotatable bonds is 5. The van der Waals surface area contributed by atoms with Crippen LogP contribution in [0.4, 0.5) is 0 Å². The number of ether oxygens (including phenoxy) is 1. The first kappa shape index (κ1) is 13.1. The van der Waals surface area contributed by atoms with E-state index < -0.39 is 0 Å². The Bertz CT molecular complexity index is 521. The third-order valence-electron chi connectivity index (χ3n) is 3.48. The van der Waals surface area contributed by atoms with E-state index in [1.165, 1.54) is 12.8 Å². The van der Waals surface area contributed by atoms with Gasteiger partial charge in [-0.05, 0) is 44.0 Å². The average molecular weight is 273 g/mol. The maximum absolute atomic E-state index is 5.60. The van der Waals surface area contributed by atoms with Crippen molar-refractivity contribution in [1.29, 1.82) is 0 Å². The zero-order valence-corrected chi connectivity index (χ0v) is 11.4. The van der Waals surface area contributed by atoms with Crippen molar-refractivity contribution in [3.05, 3.63) is 42.0 Å². The molecule has 5 nitrogen and oxygen atoms in total. The van der Waals surface area contributed by atoms with Crippen LogP contribution in [0.25, 0.3) is 0 Å². The zero-order valence-electron chi connectivity index (χ0n) is 11.4. The van der Waals surface area contributed by atoms with Crippen molar-refractivity contribution in [2.45, 2.75) is 25.9 Å². The van der Waals surface area contributed by atoms with Crippen LogP contribution in [0.2, 0.25) is 0 Å².